The Kier molecular flexibility index (Phi) is 5.57. The first-order valence-electron chi connectivity index (χ1n) is 9.69. The fraction of sp³-hybridized carbons (Fsp3) is 0.0833. The standard InChI is InChI=1S/C24H20N4O3/c1-27(18-12-6-3-7-13-18)21(29)16-28-20-15-9-8-14-19(20)22(17-10-4-2-5-11-17)25-23(26-31)24(28)30/h2-15,31H,16H2,1H3. The third-order valence-corrected chi connectivity index (χ3v) is 5.06. The van der Waals surface area contributed by atoms with Crippen molar-refractivity contribution in [2.75, 3.05) is 11.9 Å². The van der Waals surface area contributed by atoms with Gasteiger partial charge in [-0.05, 0) is 18.2 Å². The lowest BCUT2D eigenvalue weighted by atomic mass is 10.1. The minimum absolute atomic E-state index is 0.238. The highest BCUT2D eigenvalue weighted by atomic mass is 16.4. The second-order valence-electron chi connectivity index (χ2n) is 6.95. The fourth-order valence-corrected chi connectivity index (χ4v) is 3.43. The predicted octanol–water partition coefficient (Wildman–Crippen LogP) is 3.02. The second kappa shape index (κ2) is 8.62. The van der Waals surface area contributed by atoms with Crippen molar-refractivity contribution in [3.63, 3.8) is 0 Å². The van der Waals surface area contributed by atoms with Crippen molar-refractivity contribution in [1.29, 1.82) is 0 Å². The van der Waals surface area contributed by atoms with Gasteiger partial charge in [0.1, 0.15) is 6.54 Å². The summed E-state index contributed by atoms with van der Waals surface area (Å²) in [6.07, 6.45) is 0. The minimum atomic E-state index is -0.657. The van der Waals surface area contributed by atoms with E-state index in [1.807, 2.05) is 72.8 Å². The summed E-state index contributed by atoms with van der Waals surface area (Å²) in [5.41, 5.74) is 1.44. The number of carbonyl (C=O) groups excluding carboxylic acids is 1. The Hall–Kier alpha value is -4.26. The molecule has 0 saturated heterocycles. The molecule has 4 rings (SSSR count). The zero-order chi connectivity index (χ0) is 21.8. The highest BCUT2D eigenvalue weighted by molar-refractivity contribution is 5.95. The Morgan fingerprint density at radius 2 is 1.58 bits per heavy atom. The Labute approximate surface area is 178 Å². The largest absolute Gasteiger partial charge is 0.409 e. The van der Waals surface area contributed by atoms with E-state index in [2.05, 4.69) is 10.1 Å². The Balaban J connectivity index is 1.94. The van der Waals surface area contributed by atoms with Gasteiger partial charge < -0.3 is 10.1 Å². The average Bonchev–Trinajstić information content (AvgIpc) is 2.94. The molecule has 0 saturated carbocycles. The Morgan fingerprint density at radius 3 is 2.26 bits per heavy atom. The molecule has 7 heteroatoms. The summed E-state index contributed by atoms with van der Waals surface area (Å²) in [6.45, 7) is -0.238. The first-order chi connectivity index (χ1) is 15.1. The molecule has 4 aromatic rings. The molecule has 0 bridgehead atoms. The number of likely N-dealkylation sites (N-methyl/N-ethyl adjacent to an activating group) is 1. The highest BCUT2D eigenvalue weighted by Gasteiger charge is 2.16. The van der Waals surface area contributed by atoms with Gasteiger partial charge in [0, 0.05) is 23.7 Å². The first-order valence-corrected chi connectivity index (χ1v) is 9.69. The maximum Gasteiger partial charge on any atom is 0.300 e. The maximum atomic E-state index is 13.2. The summed E-state index contributed by atoms with van der Waals surface area (Å²) in [4.78, 5) is 32.0. The quantitative estimate of drug-likeness (QED) is 0.412. The predicted molar refractivity (Wildman–Crippen MR) is 119 cm³/mol. The van der Waals surface area contributed by atoms with E-state index in [1.54, 1.807) is 19.2 Å². The van der Waals surface area contributed by atoms with Crippen LogP contribution in [0.2, 0.25) is 0 Å². The number of benzene rings is 3. The van der Waals surface area contributed by atoms with E-state index in [-0.39, 0.29) is 17.9 Å². The highest BCUT2D eigenvalue weighted by Crippen LogP contribution is 2.24. The van der Waals surface area contributed by atoms with Crippen LogP contribution < -0.4 is 15.9 Å². The SMILES string of the molecule is CN(C(=O)Cn1c(=O)c(=NO)nc(-c2ccccc2)c2ccccc21)c1ccccc1. The molecule has 154 valence electrons. The number of anilines is 1. The number of amides is 1. The summed E-state index contributed by atoms with van der Waals surface area (Å²) in [5, 5.41) is 13.3. The molecule has 0 aliphatic heterocycles. The number of carbonyl (C=O) groups is 1. The van der Waals surface area contributed by atoms with Crippen molar-refractivity contribution in [2.45, 2.75) is 6.54 Å². The molecule has 0 radical (unpaired) electrons. The van der Waals surface area contributed by atoms with Gasteiger partial charge in [0.05, 0.1) is 11.2 Å². The molecule has 0 aliphatic rings. The third kappa shape index (κ3) is 3.93. The summed E-state index contributed by atoms with van der Waals surface area (Å²) < 4.78 is 1.30. The van der Waals surface area contributed by atoms with Crippen molar-refractivity contribution in [3.05, 3.63) is 101 Å². The van der Waals surface area contributed by atoms with Crippen molar-refractivity contribution in [2.24, 2.45) is 5.16 Å². The van der Waals surface area contributed by atoms with E-state index in [0.717, 1.165) is 5.56 Å². The topological polar surface area (TPSA) is 87.8 Å². The van der Waals surface area contributed by atoms with Crippen LogP contribution in [-0.4, -0.2) is 27.7 Å². The Bertz CT molecular complexity index is 1370. The van der Waals surface area contributed by atoms with Gasteiger partial charge >= 0.3 is 0 Å². The summed E-state index contributed by atoms with van der Waals surface area (Å²) in [7, 11) is 1.65. The van der Waals surface area contributed by atoms with E-state index in [0.29, 0.717) is 22.3 Å². The molecule has 31 heavy (non-hydrogen) atoms. The van der Waals surface area contributed by atoms with Gasteiger partial charge in [0.25, 0.3) is 11.0 Å². The number of nitrogens with zero attached hydrogens (tertiary/aromatic N) is 4. The van der Waals surface area contributed by atoms with Crippen LogP contribution in [0.4, 0.5) is 5.69 Å². The average molecular weight is 412 g/mol. The molecule has 3 aromatic carbocycles. The van der Waals surface area contributed by atoms with E-state index >= 15 is 0 Å². The maximum absolute atomic E-state index is 13.2. The molecule has 1 amide bonds. The third-order valence-electron chi connectivity index (χ3n) is 5.06. The van der Waals surface area contributed by atoms with Crippen LogP contribution >= 0.6 is 0 Å². The normalized spacial score (nSPS) is 11.5. The molecule has 0 aliphatic carbocycles. The minimum Gasteiger partial charge on any atom is -0.409 e. The van der Waals surface area contributed by atoms with E-state index in [9.17, 15) is 14.8 Å². The molecular formula is C24H20N4O3. The van der Waals surface area contributed by atoms with Crippen LogP contribution in [0.1, 0.15) is 0 Å². The van der Waals surface area contributed by atoms with Gasteiger partial charge in [-0.1, -0.05) is 71.9 Å². The van der Waals surface area contributed by atoms with Gasteiger partial charge in [-0.25, -0.2) is 4.98 Å². The lowest BCUT2D eigenvalue weighted by Crippen LogP contribution is -2.39. The molecule has 1 heterocycles. The van der Waals surface area contributed by atoms with E-state index in [1.165, 1.54) is 9.47 Å². The van der Waals surface area contributed by atoms with Crippen LogP contribution in [-0.2, 0) is 11.3 Å². The summed E-state index contributed by atoms with van der Waals surface area (Å²) >= 11 is 0. The van der Waals surface area contributed by atoms with Crippen LogP contribution in [0.3, 0.4) is 0 Å². The number of hydrogen-bond acceptors (Lipinski definition) is 5. The molecule has 0 spiro atoms. The van der Waals surface area contributed by atoms with Crippen LogP contribution in [0.25, 0.3) is 22.2 Å². The van der Waals surface area contributed by atoms with Gasteiger partial charge in [0.2, 0.25) is 5.91 Å². The molecule has 0 atom stereocenters. The van der Waals surface area contributed by atoms with Gasteiger partial charge in [-0.3, -0.25) is 14.2 Å². The van der Waals surface area contributed by atoms with E-state index in [4.69, 9.17) is 0 Å². The van der Waals surface area contributed by atoms with Crippen molar-refractivity contribution >= 4 is 22.5 Å². The Morgan fingerprint density at radius 1 is 0.968 bits per heavy atom. The van der Waals surface area contributed by atoms with Crippen LogP contribution in [0.5, 0.6) is 0 Å². The van der Waals surface area contributed by atoms with Crippen molar-refractivity contribution in [3.8, 4) is 11.3 Å². The van der Waals surface area contributed by atoms with Crippen LogP contribution in [0, 0.1) is 0 Å². The molecule has 0 unspecified atom stereocenters. The molecule has 0 fully saturated rings. The van der Waals surface area contributed by atoms with Crippen molar-refractivity contribution < 1.29 is 10.0 Å². The van der Waals surface area contributed by atoms with Crippen LogP contribution in [0.15, 0.2) is 94.9 Å². The van der Waals surface area contributed by atoms with Gasteiger partial charge in [-0.2, -0.15) is 0 Å². The number of hydrogen-bond donors (Lipinski definition) is 1. The zero-order valence-electron chi connectivity index (χ0n) is 16.8. The summed E-state index contributed by atoms with van der Waals surface area (Å²) in [6, 6.07) is 25.7. The molecule has 1 aromatic heterocycles. The van der Waals surface area contributed by atoms with Crippen molar-refractivity contribution in [1.82, 2.24) is 9.55 Å². The molecule has 7 nitrogen and oxygen atoms in total. The number of aromatic nitrogens is 2. The monoisotopic (exact) mass is 412 g/mol. The number of fused-ring (bicyclic) bond motifs is 1. The van der Waals surface area contributed by atoms with E-state index < -0.39 is 5.56 Å². The zero-order valence-corrected chi connectivity index (χ0v) is 16.8. The first kappa shape index (κ1) is 20.0. The molecule has 1 N–H and O–H groups in total. The number of para-hydroxylation sites is 2. The van der Waals surface area contributed by atoms with Gasteiger partial charge in [0.15, 0.2) is 0 Å². The smallest absolute Gasteiger partial charge is 0.300 e. The lowest BCUT2D eigenvalue weighted by molar-refractivity contribution is -0.118. The number of rotatable bonds is 4. The second-order valence-corrected chi connectivity index (χ2v) is 6.95. The summed E-state index contributed by atoms with van der Waals surface area (Å²) in [5.74, 6) is -0.296. The fourth-order valence-electron chi connectivity index (χ4n) is 3.43. The van der Waals surface area contributed by atoms with Gasteiger partial charge in [-0.15, -0.1) is 0 Å². The lowest BCUT2D eigenvalue weighted by Gasteiger charge is -2.18. The molecular weight excluding hydrogens is 392 g/mol.